The van der Waals surface area contributed by atoms with E-state index < -0.39 is 0 Å². The number of pyridine rings is 1. The van der Waals surface area contributed by atoms with Gasteiger partial charge in [-0.3, -0.25) is 0 Å². The van der Waals surface area contributed by atoms with E-state index in [4.69, 9.17) is 4.98 Å². The number of hydrogen-bond donors (Lipinski definition) is 0. The van der Waals surface area contributed by atoms with E-state index in [1.165, 1.54) is 99.4 Å². The topological polar surface area (TPSA) is 17.3 Å². The van der Waals surface area contributed by atoms with Crippen LogP contribution in [-0.4, -0.2) is 9.38 Å². The van der Waals surface area contributed by atoms with Gasteiger partial charge in [0, 0.05) is 18.0 Å². The second-order valence-electron chi connectivity index (χ2n) is 15.5. The van der Waals surface area contributed by atoms with E-state index in [1.807, 2.05) is 24.4 Å². The molecule has 2 nitrogen and oxygen atoms in total. The van der Waals surface area contributed by atoms with Crippen LogP contribution in [0.1, 0.15) is 0 Å². The van der Waals surface area contributed by atoms with E-state index >= 15 is 0 Å². The van der Waals surface area contributed by atoms with Crippen LogP contribution in [0.25, 0.3) is 116 Å². The molecule has 2 heteroatoms. The van der Waals surface area contributed by atoms with Gasteiger partial charge < -0.3 is 4.40 Å². The Kier molecular flexibility index (Phi) is 7.57. The van der Waals surface area contributed by atoms with Gasteiger partial charge in [0.15, 0.2) is 0 Å². The Bertz CT molecular complexity index is 3210. The van der Waals surface area contributed by atoms with Gasteiger partial charge in [-0.15, -0.1) is 0 Å². The lowest BCUT2D eigenvalue weighted by molar-refractivity contribution is 1.19. The van der Waals surface area contributed by atoms with Crippen molar-refractivity contribution in [2.24, 2.45) is 0 Å². The first-order valence-corrected chi connectivity index (χ1v) is 20.3. The Morgan fingerprint density at radius 1 is 0.288 bits per heavy atom. The van der Waals surface area contributed by atoms with Crippen molar-refractivity contribution in [3.8, 4) is 89.1 Å². The fraction of sp³-hybridized carbons (Fsp3) is 0. The number of nitrogens with zero attached hydrogens (tertiary/aromatic N) is 2. The van der Waals surface area contributed by atoms with Crippen LogP contribution in [0.3, 0.4) is 0 Å². The second-order valence-corrected chi connectivity index (χ2v) is 15.5. The number of hydrogen-bond acceptors (Lipinski definition) is 1. The van der Waals surface area contributed by atoms with Gasteiger partial charge in [-0.2, -0.15) is 0 Å². The summed E-state index contributed by atoms with van der Waals surface area (Å²) in [5.41, 5.74) is 20.5. The highest BCUT2D eigenvalue weighted by molar-refractivity contribution is 6.28. The van der Waals surface area contributed by atoms with Crippen LogP contribution < -0.4 is 0 Å². The average Bonchev–Trinajstić information content (AvgIpc) is 3.90. The quantitative estimate of drug-likeness (QED) is 0.166. The van der Waals surface area contributed by atoms with E-state index in [0.29, 0.717) is 0 Å². The maximum absolute atomic E-state index is 4.88. The molecule has 0 fully saturated rings. The lowest BCUT2D eigenvalue weighted by atomic mass is 9.82. The standard InChI is InChI=1S/C57H36N2/c1-3-12-37(13-4-1)39-21-29-43(30-22-39)53-47-16-7-8-17-48(47)54(44-31-23-40(24-32-44)38-14-5-2-6-15-38)57-50-34-33-45(46-18-11-19-49(55(46)50)56(53)57)41-25-27-42(28-26-41)51-36-59-35-10-9-20-52(59)58-51/h1-36H. The molecule has 0 radical (unpaired) electrons. The van der Waals surface area contributed by atoms with Crippen molar-refractivity contribution >= 4 is 27.2 Å². The van der Waals surface area contributed by atoms with Crippen molar-refractivity contribution in [3.05, 3.63) is 219 Å². The monoisotopic (exact) mass is 748 g/mol. The molecule has 2 aromatic heterocycles. The van der Waals surface area contributed by atoms with Crippen molar-refractivity contribution < 1.29 is 0 Å². The van der Waals surface area contributed by atoms with Gasteiger partial charge in [0.1, 0.15) is 5.65 Å². The van der Waals surface area contributed by atoms with Gasteiger partial charge in [0.05, 0.1) is 5.69 Å². The number of imidazole rings is 1. The highest BCUT2D eigenvalue weighted by Crippen LogP contribution is 2.58. The van der Waals surface area contributed by atoms with Crippen LogP contribution in [0, 0.1) is 0 Å². The van der Waals surface area contributed by atoms with Gasteiger partial charge in [-0.1, -0.05) is 194 Å². The van der Waals surface area contributed by atoms with Crippen molar-refractivity contribution in [1.29, 1.82) is 0 Å². The van der Waals surface area contributed by atoms with E-state index in [-0.39, 0.29) is 0 Å². The summed E-state index contributed by atoms with van der Waals surface area (Å²) in [7, 11) is 0. The third-order valence-electron chi connectivity index (χ3n) is 12.2. The van der Waals surface area contributed by atoms with Crippen LogP contribution >= 0.6 is 0 Å². The molecule has 59 heavy (non-hydrogen) atoms. The minimum atomic E-state index is 0.948. The van der Waals surface area contributed by atoms with Crippen LogP contribution in [0.2, 0.25) is 0 Å². The van der Waals surface area contributed by atoms with Crippen molar-refractivity contribution in [2.45, 2.75) is 0 Å². The van der Waals surface area contributed by atoms with Crippen molar-refractivity contribution in [1.82, 2.24) is 9.38 Å². The molecule has 1 aliphatic rings. The number of rotatable bonds is 6. The Hall–Kier alpha value is -7.81. The number of aromatic nitrogens is 2. The van der Waals surface area contributed by atoms with E-state index in [9.17, 15) is 0 Å². The summed E-state index contributed by atoms with van der Waals surface area (Å²) in [6.45, 7) is 0. The maximum Gasteiger partial charge on any atom is 0.137 e. The van der Waals surface area contributed by atoms with Gasteiger partial charge in [-0.25, -0.2) is 4.98 Å². The summed E-state index contributed by atoms with van der Waals surface area (Å²) in [5.74, 6) is 0. The highest BCUT2D eigenvalue weighted by atomic mass is 15.0. The predicted molar refractivity (Wildman–Crippen MR) is 247 cm³/mol. The highest BCUT2D eigenvalue weighted by Gasteiger charge is 2.31. The summed E-state index contributed by atoms with van der Waals surface area (Å²) < 4.78 is 2.07. The average molecular weight is 749 g/mol. The lowest BCUT2D eigenvalue weighted by Crippen LogP contribution is -1.94. The Morgan fingerprint density at radius 2 is 0.746 bits per heavy atom. The zero-order valence-electron chi connectivity index (χ0n) is 32.2. The summed E-state index contributed by atoms with van der Waals surface area (Å²) in [6.07, 6.45) is 4.15. The van der Waals surface area contributed by atoms with Crippen LogP contribution in [-0.2, 0) is 0 Å². The van der Waals surface area contributed by atoms with Crippen LogP contribution in [0.4, 0.5) is 0 Å². The molecule has 0 saturated carbocycles. The third-order valence-corrected chi connectivity index (χ3v) is 12.2. The number of benzene rings is 9. The Morgan fingerprint density at radius 3 is 1.34 bits per heavy atom. The molecule has 9 aromatic carbocycles. The fourth-order valence-electron chi connectivity index (χ4n) is 9.47. The lowest BCUT2D eigenvalue weighted by Gasteiger charge is -2.21. The normalized spacial score (nSPS) is 11.7. The fourth-order valence-corrected chi connectivity index (χ4v) is 9.47. The van der Waals surface area contributed by atoms with Gasteiger partial charge in [-0.05, 0) is 112 Å². The smallest absolute Gasteiger partial charge is 0.137 e. The van der Waals surface area contributed by atoms with Gasteiger partial charge >= 0.3 is 0 Å². The number of fused-ring (bicyclic) bond motifs is 5. The van der Waals surface area contributed by atoms with Crippen LogP contribution in [0.15, 0.2) is 219 Å². The largest absolute Gasteiger partial charge is 0.306 e. The molecule has 0 bridgehead atoms. The first-order chi connectivity index (χ1) is 29.3. The molecule has 1 aliphatic carbocycles. The van der Waals surface area contributed by atoms with Crippen LogP contribution in [0.5, 0.6) is 0 Å². The first kappa shape index (κ1) is 33.3. The first-order valence-electron chi connectivity index (χ1n) is 20.3. The molecule has 0 N–H and O–H groups in total. The van der Waals surface area contributed by atoms with E-state index in [0.717, 1.165) is 16.9 Å². The van der Waals surface area contributed by atoms with Crippen molar-refractivity contribution in [2.75, 3.05) is 0 Å². The molecule has 0 atom stereocenters. The van der Waals surface area contributed by atoms with E-state index in [2.05, 4.69) is 199 Å². The summed E-state index contributed by atoms with van der Waals surface area (Å²) in [5, 5.41) is 5.09. The molecule has 274 valence electrons. The molecule has 0 aliphatic heterocycles. The zero-order chi connectivity index (χ0) is 38.9. The Labute approximate surface area is 343 Å². The Balaban J connectivity index is 1.07. The molecule has 0 amide bonds. The van der Waals surface area contributed by atoms with E-state index in [1.54, 1.807) is 0 Å². The summed E-state index contributed by atoms with van der Waals surface area (Å²) >= 11 is 0. The minimum Gasteiger partial charge on any atom is -0.306 e. The third kappa shape index (κ3) is 5.38. The molecule has 0 saturated heterocycles. The predicted octanol–water partition coefficient (Wildman–Crippen LogP) is 15.3. The molecule has 0 unspecified atom stereocenters. The van der Waals surface area contributed by atoms with Gasteiger partial charge in [0.2, 0.25) is 0 Å². The zero-order valence-corrected chi connectivity index (χ0v) is 32.2. The SMILES string of the molecule is c1ccc(-c2ccc(-c3c4c(c(-c5ccc(-c6ccccc6)cc5)c5ccccc35)-c3ccc(-c5ccc(-c6cn7ccccc7n6)cc5)c5cccc-4c35)cc2)cc1. The second kappa shape index (κ2) is 13.4. The molecule has 11 aromatic rings. The molecule has 12 rings (SSSR count). The maximum atomic E-state index is 4.88. The van der Waals surface area contributed by atoms with Crippen molar-refractivity contribution in [3.63, 3.8) is 0 Å². The molecular weight excluding hydrogens is 713 g/mol. The summed E-state index contributed by atoms with van der Waals surface area (Å²) in [4.78, 5) is 4.88. The molecule has 0 spiro atoms. The van der Waals surface area contributed by atoms with Gasteiger partial charge in [0.25, 0.3) is 0 Å². The summed E-state index contributed by atoms with van der Waals surface area (Å²) in [6, 6.07) is 75.3. The molecule has 2 heterocycles. The molecular formula is C57H36N2. The minimum absolute atomic E-state index is 0.948.